The Morgan fingerprint density at radius 3 is 2.19 bits per heavy atom. The summed E-state index contributed by atoms with van der Waals surface area (Å²) >= 11 is 0. The van der Waals surface area contributed by atoms with E-state index < -0.39 is 30.6 Å². The summed E-state index contributed by atoms with van der Waals surface area (Å²) in [5.74, 6) is -0.894. The number of nitrogens with one attached hydrogen (secondary N) is 1. The van der Waals surface area contributed by atoms with Gasteiger partial charge in [-0.1, -0.05) is 60.7 Å². The van der Waals surface area contributed by atoms with E-state index in [1.165, 1.54) is 0 Å². The lowest BCUT2D eigenvalue weighted by atomic mass is 9.97. The van der Waals surface area contributed by atoms with Crippen LogP contribution in [0.1, 0.15) is 24.1 Å². The molecule has 0 saturated carbocycles. The maximum atomic E-state index is 13.1. The summed E-state index contributed by atoms with van der Waals surface area (Å²) in [5, 5.41) is 12.7. The predicted molar refractivity (Wildman–Crippen MR) is 94.9 cm³/mol. The molecule has 0 aliphatic rings. The molecule has 6 heteroatoms. The van der Waals surface area contributed by atoms with Gasteiger partial charge in [-0.05, 0) is 24.5 Å². The first-order chi connectivity index (χ1) is 12.5. The van der Waals surface area contributed by atoms with Crippen molar-refractivity contribution in [2.24, 2.45) is 0 Å². The number of carbonyl (C=O) groups is 1. The molecule has 3 atom stereocenters. The molecule has 26 heavy (non-hydrogen) atoms. The average molecular weight is 363 g/mol. The van der Waals surface area contributed by atoms with E-state index in [1.807, 2.05) is 60.7 Å². The second-order valence-corrected chi connectivity index (χ2v) is 5.87. The van der Waals surface area contributed by atoms with E-state index in [0.29, 0.717) is 6.42 Å². The van der Waals surface area contributed by atoms with E-state index in [9.17, 15) is 18.7 Å². The van der Waals surface area contributed by atoms with Gasteiger partial charge < -0.3 is 9.84 Å². The van der Waals surface area contributed by atoms with Crippen molar-refractivity contribution < 1.29 is 23.4 Å². The van der Waals surface area contributed by atoms with E-state index in [2.05, 4.69) is 5.32 Å². The normalized spacial score (nSPS) is 14.7. The third-order valence-corrected chi connectivity index (χ3v) is 4.01. The Bertz CT molecular complexity index is 667. The average Bonchev–Trinajstić information content (AvgIpc) is 2.66. The Kier molecular flexibility index (Phi) is 7.69. The molecule has 2 rings (SSSR count). The second-order valence-electron chi connectivity index (χ2n) is 5.87. The Labute approximate surface area is 151 Å². The summed E-state index contributed by atoms with van der Waals surface area (Å²) in [7, 11) is 0. The minimum atomic E-state index is -3.06. The highest BCUT2D eigenvalue weighted by Crippen LogP contribution is 2.21. The number of rotatable bonds is 9. The van der Waals surface area contributed by atoms with Crippen molar-refractivity contribution in [2.75, 3.05) is 6.61 Å². The molecule has 0 saturated heterocycles. The highest BCUT2D eigenvalue weighted by atomic mass is 19.3. The first-order valence-electron chi connectivity index (χ1n) is 8.50. The summed E-state index contributed by atoms with van der Waals surface area (Å²) in [4.78, 5) is 12.1. The fourth-order valence-electron chi connectivity index (χ4n) is 2.71. The molecule has 0 radical (unpaired) electrons. The van der Waals surface area contributed by atoms with Crippen LogP contribution in [0.4, 0.5) is 8.78 Å². The highest BCUT2D eigenvalue weighted by molar-refractivity contribution is 5.76. The number of halogens is 2. The molecule has 0 fully saturated rings. The van der Waals surface area contributed by atoms with Gasteiger partial charge in [0, 0.05) is 6.04 Å². The van der Waals surface area contributed by atoms with Crippen molar-refractivity contribution in [3.63, 3.8) is 0 Å². The van der Waals surface area contributed by atoms with Gasteiger partial charge in [-0.3, -0.25) is 10.1 Å². The molecule has 0 amide bonds. The third-order valence-electron chi connectivity index (χ3n) is 4.01. The van der Waals surface area contributed by atoms with Crippen LogP contribution in [0.5, 0.6) is 0 Å². The zero-order chi connectivity index (χ0) is 18.9. The molecule has 0 heterocycles. The maximum absolute atomic E-state index is 13.1. The fraction of sp³-hybridized carbons (Fsp3) is 0.350. The van der Waals surface area contributed by atoms with Crippen molar-refractivity contribution in [1.82, 2.24) is 5.32 Å². The van der Waals surface area contributed by atoms with Gasteiger partial charge in [-0.15, -0.1) is 0 Å². The molecule has 1 unspecified atom stereocenters. The zero-order valence-electron chi connectivity index (χ0n) is 14.5. The third kappa shape index (κ3) is 5.61. The van der Waals surface area contributed by atoms with Crippen molar-refractivity contribution >= 4 is 5.97 Å². The lowest BCUT2D eigenvalue weighted by Crippen LogP contribution is -2.51. The Hall–Kier alpha value is -2.31. The van der Waals surface area contributed by atoms with Crippen molar-refractivity contribution in [2.45, 2.75) is 38.0 Å². The summed E-state index contributed by atoms with van der Waals surface area (Å²) in [6.45, 7) is 1.63. The van der Waals surface area contributed by atoms with Crippen LogP contribution in [0, 0.1) is 0 Å². The number of esters is 1. The smallest absolute Gasteiger partial charge is 0.326 e. The fourth-order valence-corrected chi connectivity index (χ4v) is 2.71. The summed E-state index contributed by atoms with van der Waals surface area (Å²) in [6, 6.07) is 16.7. The minimum Gasteiger partial charge on any atom is -0.465 e. The number of aliphatic hydroxyl groups is 1. The van der Waals surface area contributed by atoms with E-state index in [4.69, 9.17) is 4.74 Å². The lowest BCUT2D eigenvalue weighted by Gasteiger charge is -2.28. The molecule has 0 bridgehead atoms. The molecule has 4 nitrogen and oxygen atoms in total. The maximum Gasteiger partial charge on any atom is 0.326 e. The molecule has 140 valence electrons. The first-order valence-corrected chi connectivity index (χ1v) is 8.50. The highest BCUT2D eigenvalue weighted by Gasteiger charge is 2.36. The topological polar surface area (TPSA) is 58.6 Å². The van der Waals surface area contributed by atoms with Crippen LogP contribution >= 0.6 is 0 Å². The first kappa shape index (κ1) is 20.0. The standard InChI is InChI=1S/C20H23F2NO3/c1-2-26-20(25)17(18(24)19(21)22)23-16(15-11-7-4-8-12-15)13-14-9-5-3-6-10-14/h3-12,16-19,23-24H,2,13H2,1H3/t16?,17-,18-/m0/s1. The molecule has 0 aromatic heterocycles. The molecule has 2 aromatic carbocycles. The second kappa shape index (κ2) is 9.99. The number of alkyl halides is 2. The lowest BCUT2D eigenvalue weighted by molar-refractivity contribution is -0.152. The van der Waals surface area contributed by atoms with Crippen LogP contribution in [0.3, 0.4) is 0 Å². The largest absolute Gasteiger partial charge is 0.465 e. The van der Waals surface area contributed by atoms with Crippen LogP contribution in [0.15, 0.2) is 60.7 Å². The Morgan fingerprint density at radius 2 is 1.65 bits per heavy atom. The van der Waals surface area contributed by atoms with Crippen molar-refractivity contribution in [1.29, 1.82) is 0 Å². The zero-order valence-corrected chi connectivity index (χ0v) is 14.5. The Balaban J connectivity index is 2.28. The molecule has 0 spiro atoms. The quantitative estimate of drug-likeness (QED) is 0.672. The van der Waals surface area contributed by atoms with E-state index in [1.54, 1.807) is 6.92 Å². The van der Waals surface area contributed by atoms with Gasteiger partial charge in [-0.2, -0.15) is 0 Å². The number of ether oxygens (including phenoxy) is 1. The van der Waals surface area contributed by atoms with Gasteiger partial charge in [0.2, 0.25) is 0 Å². The Morgan fingerprint density at radius 1 is 1.08 bits per heavy atom. The van der Waals surface area contributed by atoms with Gasteiger partial charge in [0.15, 0.2) is 0 Å². The summed E-state index contributed by atoms with van der Waals surface area (Å²) < 4.78 is 31.0. The van der Waals surface area contributed by atoms with Gasteiger partial charge in [0.05, 0.1) is 6.61 Å². The molecule has 2 N–H and O–H groups in total. The van der Waals surface area contributed by atoms with Crippen LogP contribution in [-0.2, 0) is 16.0 Å². The van der Waals surface area contributed by atoms with Crippen molar-refractivity contribution in [3.05, 3.63) is 71.8 Å². The van der Waals surface area contributed by atoms with Crippen molar-refractivity contribution in [3.8, 4) is 0 Å². The molecular formula is C20H23F2NO3. The minimum absolute atomic E-state index is 0.0433. The number of aliphatic hydroxyl groups excluding tert-OH is 1. The number of carbonyl (C=O) groups excluding carboxylic acids is 1. The molecule has 0 aliphatic carbocycles. The molecule has 2 aromatic rings. The summed E-state index contributed by atoms with van der Waals surface area (Å²) in [5.41, 5.74) is 1.80. The van der Waals surface area contributed by atoms with Crippen LogP contribution in [0.2, 0.25) is 0 Å². The number of benzene rings is 2. The van der Waals surface area contributed by atoms with E-state index in [-0.39, 0.29) is 6.61 Å². The molecular weight excluding hydrogens is 340 g/mol. The van der Waals surface area contributed by atoms with Crippen LogP contribution < -0.4 is 5.32 Å². The van der Waals surface area contributed by atoms with Gasteiger partial charge in [-0.25, -0.2) is 8.78 Å². The predicted octanol–water partition coefficient (Wildman–Crippen LogP) is 3.12. The van der Waals surface area contributed by atoms with Gasteiger partial charge >= 0.3 is 5.97 Å². The number of hydrogen-bond donors (Lipinski definition) is 2. The summed E-state index contributed by atoms with van der Waals surface area (Å²) in [6.07, 6.45) is -4.75. The van der Waals surface area contributed by atoms with E-state index in [0.717, 1.165) is 11.1 Å². The SMILES string of the molecule is CCOC(=O)[C@@H](NC(Cc1ccccc1)c1ccccc1)[C@H](O)C(F)F. The molecule has 0 aliphatic heterocycles. The number of hydrogen-bond acceptors (Lipinski definition) is 4. The van der Waals surface area contributed by atoms with E-state index >= 15 is 0 Å². The monoisotopic (exact) mass is 363 g/mol. The van der Waals surface area contributed by atoms with Crippen LogP contribution in [0.25, 0.3) is 0 Å². The van der Waals surface area contributed by atoms with Gasteiger partial charge in [0.1, 0.15) is 12.1 Å². The van der Waals surface area contributed by atoms with Crippen LogP contribution in [-0.4, -0.2) is 36.3 Å². The van der Waals surface area contributed by atoms with Gasteiger partial charge in [0.25, 0.3) is 6.43 Å².